The van der Waals surface area contributed by atoms with Crippen LogP contribution in [0.1, 0.15) is 10.4 Å². The SMILES string of the molecule is CNC(=O)COc1ccc(CNCc2cccs2)cc1. The number of carbonyl (C=O) groups is 1. The highest BCUT2D eigenvalue weighted by atomic mass is 32.1. The number of benzene rings is 1. The van der Waals surface area contributed by atoms with E-state index in [1.165, 1.54) is 10.4 Å². The summed E-state index contributed by atoms with van der Waals surface area (Å²) in [5.41, 5.74) is 1.19. The van der Waals surface area contributed by atoms with Crippen LogP contribution in [0, 0.1) is 0 Å². The lowest BCUT2D eigenvalue weighted by Crippen LogP contribution is -2.24. The number of thiophene rings is 1. The Bertz CT molecular complexity index is 523. The van der Waals surface area contributed by atoms with Crippen LogP contribution in [-0.2, 0) is 17.9 Å². The lowest BCUT2D eigenvalue weighted by atomic mass is 10.2. The molecule has 1 aromatic heterocycles. The van der Waals surface area contributed by atoms with Crippen LogP contribution in [0.3, 0.4) is 0 Å². The highest BCUT2D eigenvalue weighted by Crippen LogP contribution is 2.12. The van der Waals surface area contributed by atoms with E-state index in [2.05, 4.69) is 28.1 Å². The van der Waals surface area contributed by atoms with Crippen molar-refractivity contribution in [3.63, 3.8) is 0 Å². The van der Waals surface area contributed by atoms with Crippen molar-refractivity contribution in [2.24, 2.45) is 0 Å². The molecule has 0 saturated carbocycles. The van der Waals surface area contributed by atoms with Gasteiger partial charge in [-0.1, -0.05) is 18.2 Å². The smallest absolute Gasteiger partial charge is 0.257 e. The first-order valence-electron chi connectivity index (χ1n) is 6.43. The van der Waals surface area contributed by atoms with Gasteiger partial charge in [0.1, 0.15) is 5.75 Å². The van der Waals surface area contributed by atoms with Gasteiger partial charge in [0.15, 0.2) is 6.61 Å². The van der Waals surface area contributed by atoms with Crippen molar-refractivity contribution in [3.05, 3.63) is 52.2 Å². The van der Waals surface area contributed by atoms with Gasteiger partial charge in [-0.25, -0.2) is 0 Å². The normalized spacial score (nSPS) is 10.2. The molecule has 0 bridgehead atoms. The van der Waals surface area contributed by atoms with Crippen LogP contribution in [0.15, 0.2) is 41.8 Å². The van der Waals surface area contributed by atoms with E-state index >= 15 is 0 Å². The second kappa shape index (κ2) is 7.67. The first-order valence-corrected chi connectivity index (χ1v) is 7.31. The number of hydrogen-bond donors (Lipinski definition) is 2. The van der Waals surface area contributed by atoms with E-state index in [1.807, 2.05) is 24.3 Å². The van der Waals surface area contributed by atoms with Gasteiger partial charge in [-0.3, -0.25) is 4.79 Å². The van der Waals surface area contributed by atoms with Crippen molar-refractivity contribution in [1.29, 1.82) is 0 Å². The summed E-state index contributed by atoms with van der Waals surface area (Å²) in [5, 5.41) is 7.98. The third-order valence-electron chi connectivity index (χ3n) is 2.78. The summed E-state index contributed by atoms with van der Waals surface area (Å²) in [5.74, 6) is 0.572. The Hall–Kier alpha value is -1.85. The van der Waals surface area contributed by atoms with Gasteiger partial charge >= 0.3 is 0 Å². The maximum atomic E-state index is 11.1. The molecule has 0 fully saturated rings. The Balaban J connectivity index is 1.75. The number of rotatable bonds is 7. The van der Waals surface area contributed by atoms with Gasteiger partial charge in [-0.15, -0.1) is 11.3 Å². The van der Waals surface area contributed by atoms with Crippen molar-refractivity contribution in [1.82, 2.24) is 10.6 Å². The van der Waals surface area contributed by atoms with Crippen molar-refractivity contribution in [2.45, 2.75) is 13.1 Å². The quantitative estimate of drug-likeness (QED) is 0.821. The molecule has 2 aromatic rings. The number of amides is 1. The molecule has 0 spiro atoms. The van der Waals surface area contributed by atoms with Crippen LogP contribution in [0.4, 0.5) is 0 Å². The highest BCUT2D eigenvalue weighted by Gasteiger charge is 2.00. The third-order valence-corrected chi connectivity index (χ3v) is 3.66. The van der Waals surface area contributed by atoms with Gasteiger partial charge < -0.3 is 15.4 Å². The molecule has 4 nitrogen and oxygen atoms in total. The summed E-state index contributed by atoms with van der Waals surface area (Å²) in [6, 6.07) is 11.9. The van der Waals surface area contributed by atoms with E-state index in [-0.39, 0.29) is 12.5 Å². The first kappa shape index (κ1) is 14.6. The van der Waals surface area contributed by atoms with Crippen LogP contribution in [0.2, 0.25) is 0 Å². The zero-order chi connectivity index (χ0) is 14.2. The zero-order valence-electron chi connectivity index (χ0n) is 11.4. The monoisotopic (exact) mass is 290 g/mol. The van der Waals surface area contributed by atoms with E-state index in [0.29, 0.717) is 5.75 Å². The Morgan fingerprint density at radius 2 is 2.00 bits per heavy atom. The minimum atomic E-state index is -0.133. The first-order chi connectivity index (χ1) is 9.78. The Labute approximate surface area is 122 Å². The number of ether oxygens (including phenoxy) is 1. The molecule has 0 aliphatic carbocycles. The second-order valence-electron chi connectivity index (χ2n) is 4.29. The molecule has 20 heavy (non-hydrogen) atoms. The van der Waals surface area contributed by atoms with Crippen LogP contribution in [0.25, 0.3) is 0 Å². The summed E-state index contributed by atoms with van der Waals surface area (Å²) >= 11 is 1.75. The Morgan fingerprint density at radius 1 is 1.20 bits per heavy atom. The molecular weight excluding hydrogens is 272 g/mol. The number of nitrogens with one attached hydrogen (secondary N) is 2. The van der Waals surface area contributed by atoms with Crippen molar-refractivity contribution in [3.8, 4) is 5.75 Å². The summed E-state index contributed by atoms with van der Waals surface area (Å²) in [4.78, 5) is 12.4. The maximum Gasteiger partial charge on any atom is 0.257 e. The molecule has 0 unspecified atom stereocenters. The Morgan fingerprint density at radius 3 is 2.65 bits per heavy atom. The average molecular weight is 290 g/mol. The molecule has 0 aliphatic heterocycles. The van der Waals surface area contributed by atoms with Gasteiger partial charge in [0.25, 0.3) is 5.91 Å². The molecule has 106 valence electrons. The maximum absolute atomic E-state index is 11.1. The molecule has 1 aromatic carbocycles. The van der Waals surface area contributed by atoms with Crippen molar-refractivity contribution in [2.75, 3.05) is 13.7 Å². The van der Waals surface area contributed by atoms with E-state index < -0.39 is 0 Å². The molecule has 5 heteroatoms. The van der Waals surface area contributed by atoms with Gasteiger partial charge in [0.05, 0.1) is 0 Å². The van der Waals surface area contributed by atoms with Gasteiger partial charge in [-0.05, 0) is 29.1 Å². The third kappa shape index (κ3) is 4.68. The van der Waals surface area contributed by atoms with Crippen LogP contribution in [-0.4, -0.2) is 19.6 Å². The average Bonchev–Trinajstić information content (AvgIpc) is 2.99. The lowest BCUT2D eigenvalue weighted by Gasteiger charge is -2.07. The van der Waals surface area contributed by atoms with Crippen LogP contribution >= 0.6 is 11.3 Å². The number of carbonyl (C=O) groups excluding carboxylic acids is 1. The number of likely N-dealkylation sites (N-methyl/N-ethyl adjacent to an activating group) is 1. The Kier molecular flexibility index (Phi) is 5.58. The second-order valence-corrected chi connectivity index (χ2v) is 5.32. The summed E-state index contributed by atoms with van der Waals surface area (Å²) < 4.78 is 5.35. The largest absolute Gasteiger partial charge is 0.484 e. The van der Waals surface area contributed by atoms with Crippen molar-refractivity contribution < 1.29 is 9.53 Å². The predicted octanol–water partition coefficient (Wildman–Crippen LogP) is 2.16. The molecule has 0 radical (unpaired) electrons. The molecule has 0 aliphatic rings. The zero-order valence-corrected chi connectivity index (χ0v) is 12.2. The summed E-state index contributed by atoms with van der Waals surface area (Å²) in [7, 11) is 1.59. The lowest BCUT2D eigenvalue weighted by molar-refractivity contribution is -0.122. The predicted molar refractivity (Wildman–Crippen MR) is 80.9 cm³/mol. The van der Waals surface area contributed by atoms with Crippen LogP contribution in [0.5, 0.6) is 5.75 Å². The standard InChI is InChI=1S/C15H18N2O2S/c1-16-15(18)11-19-13-6-4-12(5-7-13)9-17-10-14-3-2-8-20-14/h2-8,17H,9-11H2,1H3,(H,16,18). The minimum Gasteiger partial charge on any atom is -0.484 e. The topological polar surface area (TPSA) is 50.4 Å². The molecule has 1 amide bonds. The van der Waals surface area contributed by atoms with Gasteiger partial charge in [-0.2, -0.15) is 0 Å². The van der Waals surface area contributed by atoms with Crippen LogP contribution < -0.4 is 15.4 Å². The highest BCUT2D eigenvalue weighted by molar-refractivity contribution is 7.09. The molecule has 0 saturated heterocycles. The molecule has 0 atom stereocenters. The fourth-order valence-electron chi connectivity index (χ4n) is 1.67. The summed E-state index contributed by atoms with van der Waals surface area (Å²) in [6.45, 7) is 1.74. The molecule has 2 rings (SSSR count). The number of hydrogen-bond acceptors (Lipinski definition) is 4. The molecular formula is C15H18N2O2S. The van der Waals surface area contributed by atoms with E-state index in [1.54, 1.807) is 18.4 Å². The van der Waals surface area contributed by atoms with Crippen molar-refractivity contribution >= 4 is 17.2 Å². The fraction of sp³-hybridized carbons (Fsp3) is 0.267. The summed E-state index contributed by atoms with van der Waals surface area (Å²) in [6.07, 6.45) is 0. The van der Waals surface area contributed by atoms with Gasteiger partial charge in [0.2, 0.25) is 0 Å². The van der Waals surface area contributed by atoms with E-state index in [4.69, 9.17) is 4.74 Å². The molecule has 1 heterocycles. The fourth-order valence-corrected chi connectivity index (χ4v) is 2.34. The minimum absolute atomic E-state index is 0.0481. The van der Waals surface area contributed by atoms with E-state index in [9.17, 15) is 4.79 Å². The van der Waals surface area contributed by atoms with Gasteiger partial charge in [0, 0.05) is 25.0 Å². The molecule has 2 N–H and O–H groups in total. The van der Waals surface area contributed by atoms with E-state index in [0.717, 1.165) is 13.1 Å².